The second-order valence-electron chi connectivity index (χ2n) is 15.0. The molecule has 336 valence electrons. The zero-order valence-electron chi connectivity index (χ0n) is 34.7. The maximum absolute atomic E-state index is 12.7. The molecule has 0 amide bonds. The number of alkyl halides is 6. The van der Waals surface area contributed by atoms with Crippen LogP contribution in [0.4, 0.5) is 38.0 Å². The minimum Gasteiger partial charge on any atom is -0.478 e. The van der Waals surface area contributed by atoms with Crippen LogP contribution in [0.5, 0.6) is 0 Å². The topological polar surface area (TPSA) is 203 Å². The van der Waals surface area contributed by atoms with Gasteiger partial charge in [-0.15, -0.1) is 0 Å². The highest BCUT2D eigenvalue weighted by Crippen LogP contribution is 2.49. The molecule has 1 aliphatic carbocycles. The minimum atomic E-state index is -4.32. The SMILES string of the molecule is Cc1cc(-c2cnc3c(NCCC(F)(F)F)nc(C#CCO)cn23)ccc1C(=O)CC1(C#N)CC1.Cc1cc(-c2cnc3c(NCCC(F)(F)F)nc(C#CCO)cn23)ccc1C(=O)O. The van der Waals surface area contributed by atoms with E-state index >= 15 is 0 Å². The zero-order chi connectivity index (χ0) is 47.1. The molecule has 0 bridgehead atoms. The first-order chi connectivity index (χ1) is 30.8. The lowest BCUT2D eigenvalue weighted by Crippen LogP contribution is -2.16. The van der Waals surface area contributed by atoms with E-state index in [1.807, 2.05) is 13.0 Å². The van der Waals surface area contributed by atoms with Crippen molar-refractivity contribution in [2.75, 3.05) is 36.9 Å². The van der Waals surface area contributed by atoms with Gasteiger partial charge in [-0.2, -0.15) is 31.6 Å². The highest BCUT2D eigenvalue weighted by atomic mass is 19.4. The number of anilines is 2. The summed E-state index contributed by atoms with van der Waals surface area (Å²) >= 11 is 0. The van der Waals surface area contributed by atoms with Crippen LogP contribution in [0.3, 0.4) is 0 Å². The number of aromatic carboxylic acids is 1. The number of aliphatic hydroxyl groups is 2. The van der Waals surface area contributed by atoms with Gasteiger partial charge in [0.15, 0.2) is 28.7 Å². The number of nitriles is 1. The van der Waals surface area contributed by atoms with Gasteiger partial charge in [0.25, 0.3) is 0 Å². The van der Waals surface area contributed by atoms with E-state index in [0.717, 1.165) is 24.0 Å². The Kier molecular flexibility index (Phi) is 14.1. The van der Waals surface area contributed by atoms with Gasteiger partial charge >= 0.3 is 18.3 Å². The van der Waals surface area contributed by atoms with Crippen molar-refractivity contribution in [2.45, 2.75) is 58.3 Å². The first-order valence-corrected chi connectivity index (χ1v) is 19.8. The van der Waals surface area contributed by atoms with E-state index in [-0.39, 0.29) is 47.3 Å². The second-order valence-corrected chi connectivity index (χ2v) is 15.0. The molecule has 20 heteroatoms. The summed E-state index contributed by atoms with van der Waals surface area (Å²) < 4.78 is 78.6. The van der Waals surface area contributed by atoms with Crippen molar-refractivity contribution in [3.05, 3.63) is 94.8 Å². The number of fused-ring (bicyclic) bond motifs is 2. The molecule has 0 atom stereocenters. The number of carboxylic acids is 1. The molecule has 4 heterocycles. The van der Waals surface area contributed by atoms with Crippen LogP contribution in [0.15, 0.2) is 61.2 Å². The van der Waals surface area contributed by atoms with E-state index in [4.69, 9.17) is 10.2 Å². The molecular weight excluding hydrogens is 861 g/mol. The second kappa shape index (κ2) is 19.5. The van der Waals surface area contributed by atoms with E-state index in [0.29, 0.717) is 39.4 Å². The van der Waals surface area contributed by atoms with Crippen LogP contribution >= 0.6 is 0 Å². The Bertz CT molecular complexity index is 2940. The predicted octanol–water partition coefficient (Wildman–Crippen LogP) is 7.40. The molecule has 0 radical (unpaired) electrons. The van der Waals surface area contributed by atoms with E-state index < -0.39 is 56.3 Å². The molecule has 1 aliphatic rings. The molecule has 0 saturated heterocycles. The monoisotopic (exact) mass is 899 g/mol. The van der Waals surface area contributed by atoms with Gasteiger partial charge in [-0.25, -0.2) is 24.7 Å². The van der Waals surface area contributed by atoms with Crippen LogP contribution in [0.1, 0.15) is 75.3 Å². The van der Waals surface area contributed by atoms with Crippen molar-refractivity contribution in [3.8, 4) is 52.3 Å². The third kappa shape index (κ3) is 11.8. The molecule has 5 N–H and O–H groups in total. The van der Waals surface area contributed by atoms with E-state index in [9.17, 15) is 46.3 Å². The molecule has 0 aliphatic heterocycles. The summed E-state index contributed by atoms with van der Waals surface area (Å²) in [4.78, 5) is 41.0. The Morgan fingerprint density at radius 3 is 1.57 bits per heavy atom. The van der Waals surface area contributed by atoms with Crippen molar-refractivity contribution in [1.29, 1.82) is 5.26 Å². The van der Waals surface area contributed by atoms with E-state index in [2.05, 4.69) is 60.3 Å². The number of hydrogen-bond donors (Lipinski definition) is 5. The lowest BCUT2D eigenvalue weighted by Gasteiger charge is -2.12. The third-order valence-electron chi connectivity index (χ3n) is 10.1. The van der Waals surface area contributed by atoms with Gasteiger partial charge in [0, 0.05) is 48.6 Å². The van der Waals surface area contributed by atoms with Crippen LogP contribution in [-0.4, -0.2) is 94.5 Å². The van der Waals surface area contributed by atoms with Crippen LogP contribution in [0.2, 0.25) is 0 Å². The number of nitrogens with zero attached hydrogens (tertiary/aromatic N) is 7. The summed E-state index contributed by atoms with van der Waals surface area (Å²) in [7, 11) is 0. The number of imidazole rings is 2. The van der Waals surface area contributed by atoms with Crippen molar-refractivity contribution in [2.24, 2.45) is 5.41 Å². The lowest BCUT2D eigenvalue weighted by atomic mass is 9.93. The fourth-order valence-electron chi connectivity index (χ4n) is 6.75. The molecule has 2 aromatic carbocycles. The molecule has 0 unspecified atom stereocenters. The van der Waals surface area contributed by atoms with Gasteiger partial charge in [0.2, 0.25) is 0 Å². The first kappa shape index (κ1) is 47.0. The van der Waals surface area contributed by atoms with Crippen molar-refractivity contribution >= 4 is 34.7 Å². The molecule has 7 rings (SSSR count). The maximum atomic E-state index is 12.7. The number of aromatic nitrogens is 6. The number of rotatable bonds is 12. The molecule has 0 spiro atoms. The summed E-state index contributed by atoms with van der Waals surface area (Å²) in [6, 6.07) is 12.3. The first-order valence-electron chi connectivity index (χ1n) is 19.8. The quantitative estimate of drug-likeness (QED) is 0.0464. The smallest absolute Gasteiger partial charge is 0.390 e. The number of benzene rings is 2. The largest absolute Gasteiger partial charge is 0.478 e. The zero-order valence-corrected chi connectivity index (χ0v) is 34.7. The summed E-state index contributed by atoms with van der Waals surface area (Å²) in [5.41, 5.74) is 5.18. The Labute approximate surface area is 367 Å². The fourth-order valence-corrected chi connectivity index (χ4v) is 6.75. The number of hydrogen-bond acceptors (Lipinski definition) is 11. The average Bonchev–Trinajstić information content (AvgIpc) is 3.66. The highest BCUT2D eigenvalue weighted by Gasteiger charge is 2.45. The summed E-state index contributed by atoms with van der Waals surface area (Å²) in [5, 5.41) is 41.7. The molecule has 4 aromatic heterocycles. The molecular formula is C45H39F6N9O5. The summed E-state index contributed by atoms with van der Waals surface area (Å²) in [6.45, 7) is 1.91. The molecule has 6 aromatic rings. The van der Waals surface area contributed by atoms with Crippen molar-refractivity contribution < 1.29 is 51.3 Å². The minimum absolute atomic E-state index is 0.0758. The van der Waals surface area contributed by atoms with E-state index in [1.165, 1.54) is 12.3 Å². The van der Waals surface area contributed by atoms with Gasteiger partial charge in [0.1, 0.15) is 24.6 Å². The number of carbonyl (C=O) groups excluding carboxylic acids is 1. The Hall–Kier alpha value is -7.47. The van der Waals surface area contributed by atoms with Crippen molar-refractivity contribution in [1.82, 2.24) is 28.7 Å². The number of carbonyl (C=O) groups is 2. The number of halogens is 6. The van der Waals surface area contributed by atoms with E-state index in [1.54, 1.807) is 58.6 Å². The molecule has 14 nitrogen and oxygen atoms in total. The summed E-state index contributed by atoms with van der Waals surface area (Å²) in [6.07, 6.45) is -2.81. The van der Waals surface area contributed by atoms with Gasteiger partial charge < -0.3 is 26.0 Å². The number of aryl methyl sites for hydroxylation is 2. The Morgan fingerprint density at radius 2 is 1.20 bits per heavy atom. The number of ketones is 1. The third-order valence-corrected chi connectivity index (χ3v) is 10.1. The lowest BCUT2D eigenvalue weighted by molar-refractivity contribution is -0.132. The highest BCUT2D eigenvalue weighted by molar-refractivity contribution is 5.99. The van der Waals surface area contributed by atoms with Crippen LogP contribution in [-0.2, 0) is 0 Å². The number of Topliss-reactive ketones (excluding diaryl/α,β-unsaturated/α-hetero) is 1. The van der Waals surface area contributed by atoms with Gasteiger partial charge in [-0.3, -0.25) is 13.6 Å². The Balaban J connectivity index is 0.000000218. The standard InChI is InChI=1S/C25H22F3N5O2.C20H17F3N4O3/c1-16-11-17(4-5-19(16)21(35)12-24(15-29)6-7-24)20-13-31-23-22(30-9-8-25(26,27)28)32-18(3-2-10-34)14-33(20)23;1-12-9-13(4-5-15(12)19(29)30)16-10-25-18-17(24-7-6-20(21,22)23)26-14(3-2-8-28)11-27(16)18/h4-5,11,13-14,34H,6-10,12H2,1H3,(H,30,32);4-5,9-11,28H,6-8H2,1H3,(H,24,26)(H,29,30). The molecule has 1 saturated carbocycles. The Morgan fingerprint density at radius 1 is 0.754 bits per heavy atom. The van der Waals surface area contributed by atoms with Crippen LogP contribution < -0.4 is 10.6 Å². The van der Waals surface area contributed by atoms with Gasteiger partial charge in [0.05, 0.1) is 53.7 Å². The van der Waals surface area contributed by atoms with Crippen molar-refractivity contribution in [3.63, 3.8) is 0 Å². The van der Waals surface area contributed by atoms with Gasteiger partial charge in [-0.1, -0.05) is 30.0 Å². The number of carboxylic acid groups (broad SMARTS) is 1. The fraction of sp³-hybridized carbons (Fsp3) is 0.311. The normalized spacial score (nSPS) is 12.8. The van der Waals surface area contributed by atoms with Crippen LogP contribution in [0.25, 0.3) is 33.8 Å². The predicted molar refractivity (Wildman–Crippen MR) is 226 cm³/mol. The average molecular weight is 900 g/mol. The number of nitrogens with one attached hydrogen (secondary N) is 2. The maximum Gasteiger partial charge on any atom is 0.390 e. The van der Waals surface area contributed by atoms with Crippen LogP contribution in [0, 0.1) is 54.3 Å². The van der Waals surface area contributed by atoms with Gasteiger partial charge in [-0.05, 0) is 67.9 Å². The summed E-state index contributed by atoms with van der Waals surface area (Å²) in [5.74, 6) is 9.40. The molecule has 65 heavy (non-hydrogen) atoms. The molecule has 1 fully saturated rings. The number of aliphatic hydroxyl groups excluding tert-OH is 2.